The van der Waals surface area contributed by atoms with Gasteiger partial charge in [0.2, 0.25) is 5.91 Å². The van der Waals surface area contributed by atoms with E-state index in [1.165, 1.54) is 24.3 Å². The van der Waals surface area contributed by atoms with Crippen LogP contribution in [0.5, 0.6) is 0 Å². The van der Waals surface area contributed by atoms with Gasteiger partial charge in [0.15, 0.2) is 11.3 Å². The molecule has 190 valence electrons. The van der Waals surface area contributed by atoms with E-state index in [0.29, 0.717) is 25.7 Å². The second-order valence-electron chi connectivity index (χ2n) is 8.38. The number of carboxylic acid groups (broad SMARTS) is 1. The first-order valence-electron chi connectivity index (χ1n) is 11.5. The third kappa shape index (κ3) is 7.67. The van der Waals surface area contributed by atoms with Gasteiger partial charge in [0.25, 0.3) is 23.6 Å². The standard InChI is InChI=1S/C23H30N4O8/c24-23(22(35)25-13-11-21(33)34,12-3-5-15-27-19(31)9-10-20(27)32)16(28)6-2-1-4-14-26-17(29)7-8-18(26)30/h7-10H,1-6,11-15,24H2,(H,25,35)(H,33,34). The van der Waals surface area contributed by atoms with Gasteiger partial charge in [-0.2, -0.15) is 0 Å². The number of rotatable bonds is 16. The number of nitrogens with zero attached hydrogens (tertiary/aromatic N) is 2. The maximum Gasteiger partial charge on any atom is 0.305 e. The summed E-state index contributed by atoms with van der Waals surface area (Å²) in [6, 6.07) is 0. The van der Waals surface area contributed by atoms with E-state index in [4.69, 9.17) is 10.8 Å². The minimum absolute atomic E-state index is 0.0178. The fraction of sp³-hybridized carbons (Fsp3) is 0.522. The predicted molar refractivity (Wildman–Crippen MR) is 121 cm³/mol. The van der Waals surface area contributed by atoms with E-state index in [-0.39, 0.29) is 57.1 Å². The summed E-state index contributed by atoms with van der Waals surface area (Å²) >= 11 is 0. The van der Waals surface area contributed by atoms with Crippen molar-refractivity contribution in [1.82, 2.24) is 15.1 Å². The van der Waals surface area contributed by atoms with E-state index in [0.717, 1.165) is 9.80 Å². The second-order valence-corrected chi connectivity index (χ2v) is 8.38. The molecule has 0 aromatic heterocycles. The zero-order chi connectivity index (χ0) is 26.0. The first-order chi connectivity index (χ1) is 16.6. The van der Waals surface area contributed by atoms with Crippen LogP contribution in [-0.2, 0) is 33.6 Å². The number of carbonyl (C=O) groups is 7. The van der Waals surface area contributed by atoms with Crippen LogP contribution in [0, 0.1) is 0 Å². The molecule has 0 aromatic rings. The Morgan fingerprint density at radius 3 is 1.74 bits per heavy atom. The van der Waals surface area contributed by atoms with Crippen LogP contribution < -0.4 is 11.1 Å². The number of hydrogen-bond acceptors (Lipinski definition) is 8. The van der Waals surface area contributed by atoms with Gasteiger partial charge in [0, 0.05) is 50.4 Å². The number of carbonyl (C=O) groups excluding carboxylic acids is 6. The Hall–Kier alpha value is -3.67. The number of ketones is 1. The minimum Gasteiger partial charge on any atom is -0.481 e. The third-order valence-corrected chi connectivity index (χ3v) is 5.82. The molecule has 0 saturated heterocycles. The van der Waals surface area contributed by atoms with Crippen LogP contribution >= 0.6 is 0 Å². The van der Waals surface area contributed by atoms with Crippen LogP contribution in [0.4, 0.5) is 0 Å². The Labute approximate surface area is 202 Å². The molecule has 0 saturated carbocycles. The van der Waals surface area contributed by atoms with Crippen molar-refractivity contribution in [2.45, 2.75) is 56.9 Å². The summed E-state index contributed by atoms with van der Waals surface area (Å²) in [5.41, 5.74) is 4.34. The van der Waals surface area contributed by atoms with Crippen LogP contribution in [0.2, 0.25) is 0 Å². The van der Waals surface area contributed by atoms with Crippen LogP contribution in [0.25, 0.3) is 0 Å². The Balaban J connectivity index is 1.85. The van der Waals surface area contributed by atoms with E-state index < -0.39 is 35.0 Å². The smallest absolute Gasteiger partial charge is 0.305 e. The topological polar surface area (TPSA) is 184 Å². The van der Waals surface area contributed by atoms with Crippen LogP contribution in [0.15, 0.2) is 24.3 Å². The summed E-state index contributed by atoms with van der Waals surface area (Å²) in [4.78, 5) is 84.9. The maximum absolute atomic E-state index is 12.9. The predicted octanol–water partition coefficient (Wildman–Crippen LogP) is -0.575. The van der Waals surface area contributed by atoms with E-state index >= 15 is 0 Å². The molecule has 2 aliphatic rings. The largest absolute Gasteiger partial charge is 0.481 e. The van der Waals surface area contributed by atoms with Crippen molar-refractivity contribution in [3.8, 4) is 0 Å². The molecule has 2 heterocycles. The highest BCUT2D eigenvalue weighted by Gasteiger charge is 2.40. The lowest BCUT2D eigenvalue weighted by Gasteiger charge is -2.27. The molecule has 4 N–H and O–H groups in total. The lowest BCUT2D eigenvalue weighted by molar-refractivity contribution is -0.139. The van der Waals surface area contributed by atoms with Crippen molar-refractivity contribution in [3.05, 3.63) is 24.3 Å². The molecule has 35 heavy (non-hydrogen) atoms. The van der Waals surface area contributed by atoms with Crippen molar-refractivity contribution in [2.75, 3.05) is 19.6 Å². The molecule has 0 aliphatic carbocycles. The highest BCUT2D eigenvalue weighted by Crippen LogP contribution is 2.19. The summed E-state index contributed by atoms with van der Waals surface area (Å²) in [6.07, 6.45) is 6.34. The third-order valence-electron chi connectivity index (χ3n) is 5.82. The Morgan fingerprint density at radius 1 is 0.771 bits per heavy atom. The van der Waals surface area contributed by atoms with E-state index in [2.05, 4.69) is 5.32 Å². The van der Waals surface area contributed by atoms with Gasteiger partial charge < -0.3 is 16.2 Å². The zero-order valence-electron chi connectivity index (χ0n) is 19.4. The van der Waals surface area contributed by atoms with Crippen molar-refractivity contribution in [1.29, 1.82) is 0 Å². The van der Waals surface area contributed by atoms with Gasteiger partial charge in [-0.3, -0.25) is 43.4 Å². The monoisotopic (exact) mass is 490 g/mol. The van der Waals surface area contributed by atoms with E-state index in [1.807, 2.05) is 0 Å². The zero-order valence-corrected chi connectivity index (χ0v) is 19.4. The number of Topliss-reactive ketones (excluding diaryl/α,β-unsaturated/α-hetero) is 1. The van der Waals surface area contributed by atoms with E-state index in [9.17, 15) is 33.6 Å². The van der Waals surface area contributed by atoms with Crippen molar-refractivity contribution >= 4 is 41.3 Å². The summed E-state index contributed by atoms with van der Waals surface area (Å²) in [5, 5.41) is 11.2. The van der Waals surface area contributed by atoms with Crippen LogP contribution in [0.3, 0.4) is 0 Å². The first-order valence-corrected chi connectivity index (χ1v) is 11.5. The molecule has 12 nitrogen and oxygen atoms in total. The average Bonchev–Trinajstić information content (AvgIpc) is 3.30. The summed E-state index contributed by atoms with van der Waals surface area (Å²) in [5.74, 6) is -4.02. The fourth-order valence-electron chi connectivity index (χ4n) is 3.75. The number of nitrogens with two attached hydrogens (primary N) is 1. The number of hydrogen-bond donors (Lipinski definition) is 3. The SMILES string of the molecule is NC(CCCCN1C(=O)C=CC1=O)(C(=O)CCCCCN1C(=O)C=CC1=O)C(=O)NCCC(=O)O. The number of unbranched alkanes of at least 4 members (excludes halogenated alkanes) is 3. The molecule has 0 radical (unpaired) electrons. The molecule has 0 aromatic carbocycles. The molecule has 5 amide bonds. The molecular formula is C23H30N4O8. The minimum atomic E-state index is -1.89. The Kier molecular flexibility index (Phi) is 10.0. The molecule has 12 heteroatoms. The van der Waals surface area contributed by atoms with Crippen molar-refractivity contribution < 1.29 is 38.7 Å². The number of imide groups is 2. The van der Waals surface area contributed by atoms with Gasteiger partial charge in [-0.15, -0.1) is 0 Å². The quantitative estimate of drug-likeness (QED) is 0.145. The number of aliphatic carboxylic acids is 1. The van der Waals surface area contributed by atoms with E-state index in [1.54, 1.807) is 0 Å². The molecule has 2 rings (SSSR count). The molecule has 0 spiro atoms. The number of carboxylic acids is 1. The highest BCUT2D eigenvalue weighted by atomic mass is 16.4. The molecule has 1 unspecified atom stereocenters. The van der Waals surface area contributed by atoms with Crippen molar-refractivity contribution in [2.24, 2.45) is 5.73 Å². The highest BCUT2D eigenvalue weighted by molar-refractivity contribution is 6.13. The first kappa shape index (κ1) is 27.6. The number of nitrogens with one attached hydrogen (secondary N) is 1. The lowest BCUT2D eigenvalue weighted by Crippen LogP contribution is -2.59. The fourth-order valence-corrected chi connectivity index (χ4v) is 3.75. The van der Waals surface area contributed by atoms with Gasteiger partial charge in [-0.1, -0.05) is 6.42 Å². The Morgan fingerprint density at radius 2 is 1.26 bits per heavy atom. The van der Waals surface area contributed by atoms with Crippen LogP contribution in [-0.4, -0.2) is 81.4 Å². The summed E-state index contributed by atoms with van der Waals surface area (Å²) in [7, 11) is 0. The summed E-state index contributed by atoms with van der Waals surface area (Å²) < 4.78 is 0. The molecule has 2 aliphatic heterocycles. The summed E-state index contributed by atoms with van der Waals surface area (Å²) in [6.45, 7) is 0.165. The Bertz CT molecular complexity index is 921. The normalized spacial score (nSPS) is 16.8. The molecule has 1 atom stereocenters. The average molecular weight is 491 g/mol. The van der Waals surface area contributed by atoms with Crippen LogP contribution in [0.1, 0.15) is 51.4 Å². The number of amides is 5. The molecular weight excluding hydrogens is 460 g/mol. The lowest BCUT2D eigenvalue weighted by atomic mass is 9.85. The maximum atomic E-state index is 12.9. The molecule has 0 bridgehead atoms. The van der Waals surface area contributed by atoms with Gasteiger partial charge in [-0.25, -0.2) is 0 Å². The van der Waals surface area contributed by atoms with Gasteiger partial charge in [-0.05, 0) is 32.1 Å². The second kappa shape index (κ2) is 12.7. The van der Waals surface area contributed by atoms with Gasteiger partial charge in [0.1, 0.15) is 0 Å². The van der Waals surface area contributed by atoms with Gasteiger partial charge in [0.05, 0.1) is 6.42 Å². The van der Waals surface area contributed by atoms with Crippen molar-refractivity contribution in [3.63, 3.8) is 0 Å². The van der Waals surface area contributed by atoms with Gasteiger partial charge >= 0.3 is 5.97 Å². The molecule has 0 fully saturated rings.